The molecule has 0 N–H and O–H groups in total. The first-order valence-corrected chi connectivity index (χ1v) is 9.07. The number of allylic oxidation sites excluding steroid dienone is 2. The minimum absolute atomic E-state index is 0.586. The molecule has 0 heterocycles. The lowest BCUT2D eigenvalue weighted by Crippen LogP contribution is -2.55. The predicted octanol–water partition coefficient (Wildman–Crippen LogP) is 5.98. The summed E-state index contributed by atoms with van der Waals surface area (Å²) in [5.41, 5.74) is 3.57. The van der Waals surface area contributed by atoms with Gasteiger partial charge < -0.3 is 0 Å². The molecule has 0 aromatic carbocycles. The highest BCUT2D eigenvalue weighted by molar-refractivity contribution is 5.26. The summed E-state index contributed by atoms with van der Waals surface area (Å²) >= 11 is 0. The van der Waals surface area contributed by atoms with Crippen LogP contribution in [0.2, 0.25) is 0 Å². The normalized spacial score (nSPS) is 53.0. The number of hydrogen-bond donors (Lipinski definition) is 0. The van der Waals surface area contributed by atoms with Gasteiger partial charge in [-0.15, -0.1) is 0 Å². The highest BCUT2D eigenvalue weighted by Gasteiger charge is 2.61. The van der Waals surface area contributed by atoms with Crippen LogP contribution in [0.4, 0.5) is 0 Å². The molecule has 4 rings (SSSR count). The second-order valence-corrected chi connectivity index (χ2v) is 9.59. The summed E-state index contributed by atoms with van der Waals surface area (Å²) < 4.78 is 0. The first-order valence-electron chi connectivity index (χ1n) is 9.07. The Kier molecular flexibility index (Phi) is 2.63. The molecule has 0 amide bonds. The average molecular weight is 272 g/mol. The van der Waals surface area contributed by atoms with Crippen LogP contribution in [-0.4, -0.2) is 0 Å². The van der Waals surface area contributed by atoms with Gasteiger partial charge in [0.2, 0.25) is 0 Å². The Morgan fingerprint density at radius 1 is 0.950 bits per heavy atom. The molecule has 20 heavy (non-hydrogen) atoms. The van der Waals surface area contributed by atoms with Crippen LogP contribution in [0.5, 0.6) is 0 Å². The molecule has 0 aliphatic heterocycles. The molecule has 0 nitrogen and oxygen atoms in total. The summed E-state index contributed by atoms with van der Waals surface area (Å²) in [5, 5.41) is 0. The van der Waals surface area contributed by atoms with Crippen molar-refractivity contribution in [3.63, 3.8) is 0 Å². The van der Waals surface area contributed by atoms with Crippen molar-refractivity contribution in [1.82, 2.24) is 0 Å². The van der Waals surface area contributed by atoms with Gasteiger partial charge in [-0.3, -0.25) is 0 Å². The monoisotopic (exact) mass is 272 g/mol. The van der Waals surface area contributed by atoms with E-state index in [0.717, 1.165) is 17.8 Å². The fourth-order valence-electron chi connectivity index (χ4n) is 7.53. The van der Waals surface area contributed by atoms with Crippen LogP contribution in [0.25, 0.3) is 0 Å². The summed E-state index contributed by atoms with van der Waals surface area (Å²) in [4.78, 5) is 0. The first kappa shape index (κ1) is 13.4. The molecule has 0 heteroatoms. The second kappa shape index (κ2) is 3.93. The van der Waals surface area contributed by atoms with E-state index in [2.05, 4.69) is 33.8 Å². The zero-order valence-electron chi connectivity index (χ0n) is 14.0. The van der Waals surface area contributed by atoms with Gasteiger partial charge in [-0.1, -0.05) is 38.8 Å². The minimum atomic E-state index is 0.586. The average Bonchev–Trinajstić information content (AvgIpc) is 2.58. The van der Waals surface area contributed by atoms with Gasteiger partial charge in [0.15, 0.2) is 0 Å². The van der Waals surface area contributed by atoms with Crippen molar-refractivity contribution in [2.45, 2.75) is 79.1 Å². The van der Waals surface area contributed by atoms with Gasteiger partial charge in [-0.05, 0) is 85.9 Å². The first-order chi connectivity index (χ1) is 9.37. The molecule has 2 bridgehead atoms. The van der Waals surface area contributed by atoms with E-state index in [1.165, 1.54) is 51.4 Å². The lowest BCUT2D eigenvalue weighted by atomic mass is 9.41. The summed E-state index contributed by atoms with van der Waals surface area (Å²) in [6.07, 6.45) is 14.7. The highest BCUT2D eigenvalue weighted by Crippen LogP contribution is 2.70. The third-order valence-corrected chi connectivity index (χ3v) is 8.25. The lowest BCUT2D eigenvalue weighted by molar-refractivity contribution is -0.133. The fourth-order valence-corrected chi connectivity index (χ4v) is 7.53. The molecule has 0 unspecified atom stereocenters. The number of rotatable bonds is 0. The molecule has 4 aliphatic rings. The van der Waals surface area contributed by atoms with Gasteiger partial charge in [-0.25, -0.2) is 0 Å². The van der Waals surface area contributed by atoms with E-state index in [9.17, 15) is 0 Å². The maximum Gasteiger partial charge on any atom is -0.00762 e. The van der Waals surface area contributed by atoms with Crippen LogP contribution in [0.3, 0.4) is 0 Å². The zero-order valence-corrected chi connectivity index (χ0v) is 14.0. The molecular weight excluding hydrogens is 240 g/mol. The standard InChI is InChI=1S/C20H32/c1-14-12-20-11-8-16-18(2,3)9-5-10-19(16,4)17(20)7-6-15(14)13-20/h12,15-17H,5-11,13H2,1-4H3/t15-,16-,17+,19-,20-/m1/s1. The van der Waals surface area contributed by atoms with E-state index < -0.39 is 0 Å². The summed E-state index contributed by atoms with van der Waals surface area (Å²) in [6, 6.07) is 0. The Morgan fingerprint density at radius 3 is 2.55 bits per heavy atom. The van der Waals surface area contributed by atoms with Gasteiger partial charge >= 0.3 is 0 Å². The fraction of sp³-hybridized carbons (Fsp3) is 0.900. The minimum Gasteiger partial charge on any atom is -0.0788 e. The summed E-state index contributed by atoms with van der Waals surface area (Å²) in [6.45, 7) is 10.2. The van der Waals surface area contributed by atoms with Crippen LogP contribution < -0.4 is 0 Å². The largest absolute Gasteiger partial charge is 0.0788 e. The van der Waals surface area contributed by atoms with Crippen molar-refractivity contribution in [2.24, 2.45) is 34.0 Å². The summed E-state index contributed by atoms with van der Waals surface area (Å²) in [5.74, 6) is 2.91. The molecule has 1 spiro atoms. The quantitative estimate of drug-likeness (QED) is 0.476. The smallest absolute Gasteiger partial charge is 0.00762 e. The Hall–Kier alpha value is -0.260. The van der Waals surface area contributed by atoms with Gasteiger partial charge in [0.05, 0.1) is 0 Å². The lowest BCUT2D eigenvalue weighted by Gasteiger charge is -2.63. The molecule has 0 aromatic heterocycles. The van der Waals surface area contributed by atoms with Crippen LogP contribution in [0.15, 0.2) is 11.6 Å². The third kappa shape index (κ3) is 1.54. The molecular formula is C20H32. The van der Waals surface area contributed by atoms with E-state index in [-0.39, 0.29) is 0 Å². The van der Waals surface area contributed by atoms with Gasteiger partial charge in [0.25, 0.3) is 0 Å². The Morgan fingerprint density at radius 2 is 1.75 bits per heavy atom. The zero-order chi connectivity index (χ0) is 14.2. The topological polar surface area (TPSA) is 0 Å². The highest BCUT2D eigenvalue weighted by atomic mass is 14.7. The molecule has 0 aromatic rings. The Bertz CT molecular complexity index is 457. The van der Waals surface area contributed by atoms with Crippen molar-refractivity contribution in [2.75, 3.05) is 0 Å². The molecule has 0 radical (unpaired) electrons. The van der Waals surface area contributed by atoms with Crippen molar-refractivity contribution in [3.05, 3.63) is 11.6 Å². The molecule has 4 aliphatic carbocycles. The van der Waals surface area contributed by atoms with Crippen LogP contribution in [0.1, 0.15) is 79.1 Å². The van der Waals surface area contributed by atoms with E-state index in [1.54, 1.807) is 5.57 Å². The number of hydrogen-bond acceptors (Lipinski definition) is 0. The SMILES string of the molecule is CC1=C[C@@]23CC[C@@H]4C(C)(C)CCC[C@@]4(C)[C@@H]2CC[C@@H]1C3. The van der Waals surface area contributed by atoms with Gasteiger partial charge in [0.1, 0.15) is 0 Å². The van der Waals surface area contributed by atoms with Crippen molar-refractivity contribution >= 4 is 0 Å². The molecule has 0 saturated heterocycles. The van der Waals surface area contributed by atoms with Gasteiger partial charge in [-0.2, -0.15) is 0 Å². The van der Waals surface area contributed by atoms with Crippen LogP contribution in [0, 0.1) is 34.0 Å². The van der Waals surface area contributed by atoms with E-state index in [0.29, 0.717) is 16.2 Å². The summed E-state index contributed by atoms with van der Waals surface area (Å²) in [7, 11) is 0. The molecule has 3 saturated carbocycles. The molecule has 3 fully saturated rings. The van der Waals surface area contributed by atoms with Gasteiger partial charge in [0, 0.05) is 0 Å². The van der Waals surface area contributed by atoms with E-state index in [4.69, 9.17) is 0 Å². The predicted molar refractivity (Wildman–Crippen MR) is 85.5 cm³/mol. The second-order valence-electron chi connectivity index (χ2n) is 9.59. The van der Waals surface area contributed by atoms with Crippen molar-refractivity contribution in [1.29, 1.82) is 0 Å². The van der Waals surface area contributed by atoms with Crippen LogP contribution >= 0.6 is 0 Å². The number of fused-ring (bicyclic) bond motifs is 3. The Balaban J connectivity index is 1.76. The van der Waals surface area contributed by atoms with Crippen molar-refractivity contribution in [3.8, 4) is 0 Å². The maximum absolute atomic E-state index is 2.76. The maximum atomic E-state index is 2.76. The molecule has 112 valence electrons. The van der Waals surface area contributed by atoms with E-state index in [1.807, 2.05) is 0 Å². The van der Waals surface area contributed by atoms with E-state index >= 15 is 0 Å². The molecule has 5 atom stereocenters. The Labute approximate surface area is 125 Å². The third-order valence-electron chi connectivity index (χ3n) is 8.25. The van der Waals surface area contributed by atoms with Crippen molar-refractivity contribution < 1.29 is 0 Å². The van der Waals surface area contributed by atoms with Crippen LogP contribution in [-0.2, 0) is 0 Å².